The Hall–Kier alpha value is -3.60. The summed E-state index contributed by atoms with van der Waals surface area (Å²) in [6, 6.07) is 23.3. The molecule has 1 aliphatic heterocycles. The van der Waals surface area contributed by atoms with Gasteiger partial charge in [-0.2, -0.15) is 5.10 Å². The van der Waals surface area contributed by atoms with E-state index >= 15 is 0 Å². The molecule has 134 valence electrons. The Morgan fingerprint density at radius 1 is 0.852 bits per heavy atom. The molecule has 0 aromatic heterocycles. The van der Waals surface area contributed by atoms with E-state index in [0.717, 1.165) is 22.4 Å². The zero-order valence-electron chi connectivity index (χ0n) is 14.8. The number of benzene rings is 3. The minimum absolute atomic E-state index is 0.177. The number of amides is 1. The predicted molar refractivity (Wildman–Crippen MR) is 104 cm³/mol. The van der Waals surface area contributed by atoms with Gasteiger partial charge in [0.05, 0.1) is 5.71 Å². The molecule has 27 heavy (non-hydrogen) atoms. The zero-order valence-corrected chi connectivity index (χ0v) is 14.8. The molecule has 3 aromatic rings. The third-order valence-electron chi connectivity index (χ3n) is 4.37. The van der Waals surface area contributed by atoms with Crippen LogP contribution in [-0.4, -0.2) is 18.4 Å². The maximum absolute atomic E-state index is 12.3. The minimum Gasteiger partial charge on any atom is -0.454 e. The van der Waals surface area contributed by atoms with E-state index in [0.29, 0.717) is 17.1 Å². The van der Waals surface area contributed by atoms with Crippen molar-refractivity contribution in [2.24, 2.45) is 5.10 Å². The largest absolute Gasteiger partial charge is 0.454 e. The van der Waals surface area contributed by atoms with Gasteiger partial charge in [0.15, 0.2) is 11.5 Å². The van der Waals surface area contributed by atoms with Gasteiger partial charge in [0.25, 0.3) is 5.91 Å². The van der Waals surface area contributed by atoms with E-state index in [1.54, 1.807) is 18.2 Å². The second-order valence-electron chi connectivity index (χ2n) is 6.15. The molecule has 3 aromatic carbocycles. The maximum atomic E-state index is 12.3. The predicted octanol–water partition coefficient (Wildman–Crippen LogP) is 4.24. The molecule has 1 aliphatic rings. The normalized spacial score (nSPS) is 12.7. The number of ether oxygens (including phenoxy) is 2. The van der Waals surface area contributed by atoms with E-state index in [-0.39, 0.29) is 12.7 Å². The van der Waals surface area contributed by atoms with Crippen LogP contribution in [-0.2, 0) is 0 Å². The quantitative estimate of drug-likeness (QED) is 0.561. The van der Waals surface area contributed by atoms with Crippen LogP contribution in [0.3, 0.4) is 0 Å². The first-order chi connectivity index (χ1) is 13.2. The van der Waals surface area contributed by atoms with E-state index < -0.39 is 0 Å². The van der Waals surface area contributed by atoms with Gasteiger partial charge < -0.3 is 9.47 Å². The van der Waals surface area contributed by atoms with Gasteiger partial charge in [-0.1, -0.05) is 54.6 Å². The number of carbonyl (C=O) groups is 1. The molecule has 0 spiro atoms. The second kappa shape index (κ2) is 7.33. The summed E-state index contributed by atoms with van der Waals surface area (Å²) in [4.78, 5) is 12.3. The maximum Gasteiger partial charge on any atom is 0.271 e. The smallest absolute Gasteiger partial charge is 0.271 e. The summed E-state index contributed by atoms with van der Waals surface area (Å²) < 4.78 is 10.5. The van der Waals surface area contributed by atoms with Gasteiger partial charge >= 0.3 is 0 Å². The molecule has 0 saturated heterocycles. The SMILES string of the molecule is C/C(=N\NC(=O)c1ccc2c(c1)OCO2)c1ccc(-c2ccccc2)cc1. The molecule has 1 heterocycles. The third kappa shape index (κ3) is 3.67. The van der Waals surface area contributed by atoms with Gasteiger partial charge in [-0.25, -0.2) is 5.43 Å². The molecule has 4 rings (SSSR count). The number of carbonyl (C=O) groups excluding carboxylic acids is 1. The Morgan fingerprint density at radius 3 is 2.30 bits per heavy atom. The summed E-state index contributed by atoms with van der Waals surface area (Å²) in [5.74, 6) is 0.915. The first-order valence-electron chi connectivity index (χ1n) is 8.61. The number of nitrogens with zero attached hydrogens (tertiary/aromatic N) is 1. The molecule has 5 heteroatoms. The molecule has 0 aliphatic carbocycles. The lowest BCUT2D eigenvalue weighted by Gasteiger charge is -2.06. The fourth-order valence-corrected chi connectivity index (χ4v) is 2.84. The van der Waals surface area contributed by atoms with Gasteiger partial charge in [-0.05, 0) is 41.8 Å². The highest BCUT2D eigenvalue weighted by molar-refractivity contribution is 6.01. The highest BCUT2D eigenvalue weighted by Gasteiger charge is 2.16. The molecule has 0 atom stereocenters. The Morgan fingerprint density at radius 2 is 1.52 bits per heavy atom. The van der Waals surface area contributed by atoms with Crippen LogP contribution in [0.25, 0.3) is 11.1 Å². The molecule has 0 fully saturated rings. The Balaban J connectivity index is 1.45. The average molecular weight is 358 g/mol. The molecule has 1 N–H and O–H groups in total. The van der Waals surface area contributed by atoms with Crippen LogP contribution in [0.4, 0.5) is 0 Å². The molecule has 0 saturated carbocycles. The van der Waals surface area contributed by atoms with Crippen molar-refractivity contribution >= 4 is 11.6 Å². The number of hydrogen-bond acceptors (Lipinski definition) is 4. The molecule has 1 amide bonds. The monoisotopic (exact) mass is 358 g/mol. The first kappa shape index (κ1) is 16.8. The van der Waals surface area contributed by atoms with Crippen LogP contribution in [0.1, 0.15) is 22.8 Å². The summed E-state index contributed by atoms with van der Waals surface area (Å²) in [5.41, 5.74) is 7.02. The van der Waals surface area contributed by atoms with Crippen LogP contribution in [0.2, 0.25) is 0 Å². The van der Waals surface area contributed by atoms with Crippen molar-refractivity contribution in [2.45, 2.75) is 6.92 Å². The highest BCUT2D eigenvalue weighted by Crippen LogP contribution is 2.32. The van der Waals surface area contributed by atoms with Crippen LogP contribution in [0, 0.1) is 0 Å². The third-order valence-corrected chi connectivity index (χ3v) is 4.37. The topological polar surface area (TPSA) is 59.9 Å². The lowest BCUT2D eigenvalue weighted by atomic mass is 10.0. The fraction of sp³-hybridized carbons (Fsp3) is 0.0909. The van der Waals surface area contributed by atoms with Gasteiger partial charge in [-0.3, -0.25) is 4.79 Å². The zero-order chi connectivity index (χ0) is 18.6. The fourth-order valence-electron chi connectivity index (χ4n) is 2.84. The lowest BCUT2D eigenvalue weighted by molar-refractivity contribution is 0.0954. The van der Waals surface area contributed by atoms with Gasteiger partial charge in [0.2, 0.25) is 6.79 Å². The van der Waals surface area contributed by atoms with Crippen molar-refractivity contribution < 1.29 is 14.3 Å². The van der Waals surface area contributed by atoms with E-state index in [9.17, 15) is 4.79 Å². The molecular formula is C22H18N2O3. The minimum atomic E-state index is -0.298. The number of hydrogen-bond donors (Lipinski definition) is 1. The molecular weight excluding hydrogens is 340 g/mol. The van der Waals surface area contributed by atoms with Crippen molar-refractivity contribution in [3.8, 4) is 22.6 Å². The van der Waals surface area contributed by atoms with Crippen LogP contribution in [0.15, 0.2) is 77.9 Å². The van der Waals surface area contributed by atoms with E-state index in [1.807, 2.05) is 49.4 Å². The standard InChI is InChI=1S/C22H18N2O3/c1-15(16-7-9-18(10-8-16)17-5-3-2-4-6-17)23-24-22(25)19-11-12-20-21(13-19)27-14-26-20/h2-13H,14H2,1H3,(H,24,25)/b23-15+. The molecule has 0 unspecified atom stereocenters. The average Bonchev–Trinajstić information content (AvgIpc) is 3.20. The van der Waals surface area contributed by atoms with Gasteiger partial charge in [-0.15, -0.1) is 0 Å². The number of rotatable bonds is 4. The molecule has 0 bridgehead atoms. The number of fused-ring (bicyclic) bond motifs is 1. The van der Waals surface area contributed by atoms with E-state index in [1.165, 1.54) is 0 Å². The van der Waals surface area contributed by atoms with E-state index in [2.05, 4.69) is 22.7 Å². The Kier molecular flexibility index (Phi) is 4.58. The molecule has 5 nitrogen and oxygen atoms in total. The summed E-state index contributed by atoms with van der Waals surface area (Å²) in [5, 5.41) is 4.21. The van der Waals surface area contributed by atoms with E-state index in [4.69, 9.17) is 9.47 Å². The molecule has 0 radical (unpaired) electrons. The van der Waals surface area contributed by atoms with Crippen LogP contribution in [0.5, 0.6) is 11.5 Å². The first-order valence-corrected chi connectivity index (χ1v) is 8.61. The Labute approximate surface area is 157 Å². The van der Waals surface area contributed by atoms with Crippen LogP contribution < -0.4 is 14.9 Å². The summed E-state index contributed by atoms with van der Waals surface area (Å²) >= 11 is 0. The van der Waals surface area contributed by atoms with Gasteiger partial charge in [0, 0.05) is 5.56 Å². The summed E-state index contributed by atoms with van der Waals surface area (Å²) in [6.45, 7) is 2.04. The van der Waals surface area contributed by atoms with Crippen molar-refractivity contribution in [1.29, 1.82) is 0 Å². The summed E-state index contributed by atoms with van der Waals surface area (Å²) in [6.07, 6.45) is 0. The van der Waals surface area contributed by atoms with Crippen molar-refractivity contribution in [3.05, 3.63) is 83.9 Å². The van der Waals surface area contributed by atoms with Crippen molar-refractivity contribution in [3.63, 3.8) is 0 Å². The van der Waals surface area contributed by atoms with Crippen molar-refractivity contribution in [1.82, 2.24) is 5.43 Å². The lowest BCUT2D eigenvalue weighted by Crippen LogP contribution is -2.19. The number of nitrogens with one attached hydrogen (secondary N) is 1. The van der Waals surface area contributed by atoms with Crippen molar-refractivity contribution in [2.75, 3.05) is 6.79 Å². The number of hydrazone groups is 1. The van der Waals surface area contributed by atoms with Crippen LogP contribution >= 0.6 is 0 Å². The summed E-state index contributed by atoms with van der Waals surface area (Å²) in [7, 11) is 0. The van der Waals surface area contributed by atoms with Gasteiger partial charge in [0.1, 0.15) is 0 Å². The Bertz CT molecular complexity index is 996. The highest BCUT2D eigenvalue weighted by atomic mass is 16.7. The second-order valence-corrected chi connectivity index (χ2v) is 6.15.